The molecule has 1 saturated carbocycles. The highest BCUT2D eigenvalue weighted by Crippen LogP contribution is 2.24. The van der Waals surface area contributed by atoms with Crippen LogP contribution in [0.5, 0.6) is 5.88 Å². The molecule has 0 spiro atoms. The largest absolute Gasteiger partial charge is 0.464 e. The van der Waals surface area contributed by atoms with E-state index in [0.29, 0.717) is 18.3 Å². The Bertz CT molecular complexity index is 407. The van der Waals surface area contributed by atoms with E-state index in [2.05, 4.69) is 15.3 Å². The molecule has 1 heterocycles. The topological polar surface area (TPSA) is 47.0 Å². The molecule has 0 saturated heterocycles. The predicted octanol–water partition coefficient (Wildman–Crippen LogP) is 2.06. The Morgan fingerprint density at radius 1 is 1.44 bits per heavy atom. The number of ether oxygens (including phenoxy) is 1. The normalized spacial score (nSPS) is 17.6. The zero-order valence-electron chi connectivity index (χ0n) is 9.87. The van der Waals surface area contributed by atoms with Gasteiger partial charge in [0.1, 0.15) is 0 Å². The van der Waals surface area contributed by atoms with Crippen molar-refractivity contribution >= 4 is 0 Å². The average Bonchev–Trinajstić information content (AvgIpc) is 3.09. The van der Waals surface area contributed by atoms with Crippen LogP contribution >= 0.6 is 0 Å². The van der Waals surface area contributed by atoms with E-state index >= 15 is 0 Å². The number of rotatable bonds is 5. The van der Waals surface area contributed by atoms with Crippen LogP contribution in [0.15, 0.2) is 12.4 Å². The minimum Gasteiger partial charge on any atom is -0.464 e. The maximum atomic E-state index is 12.3. The second kappa shape index (κ2) is 5.09. The number of halogens is 3. The van der Waals surface area contributed by atoms with Gasteiger partial charge in [-0.3, -0.25) is 4.98 Å². The lowest BCUT2D eigenvalue weighted by atomic mass is 10.4. The van der Waals surface area contributed by atoms with Gasteiger partial charge in [-0.05, 0) is 19.8 Å². The van der Waals surface area contributed by atoms with Crippen LogP contribution in [0.3, 0.4) is 0 Å². The van der Waals surface area contributed by atoms with Crippen molar-refractivity contribution < 1.29 is 17.9 Å². The van der Waals surface area contributed by atoms with Crippen LogP contribution in [0.25, 0.3) is 0 Å². The quantitative estimate of drug-likeness (QED) is 0.881. The first kappa shape index (κ1) is 13.1. The molecule has 1 unspecified atom stereocenters. The van der Waals surface area contributed by atoms with Crippen molar-refractivity contribution in [3.05, 3.63) is 18.1 Å². The molecule has 1 fully saturated rings. The third-order valence-electron chi connectivity index (χ3n) is 2.57. The first-order valence-electron chi connectivity index (χ1n) is 5.73. The molecule has 1 atom stereocenters. The SMILES string of the molecule is CC(Oc1cncc(CNC2CC2)n1)C(F)(F)F. The molecular weight excluding hydrogens is 247 g/mol. The zero-order valence-corrected chi connectivity index (χ0v) is 9.87. The lowest BCUT2D eigenvalue weighted by Gasteiger charge is -2.16. The molecule has 100 valence electrons. The van der Waals surface area contributed by atoms with Gasteiger partial charge in [-0.25, -0.2) is 4.98 Å². The fourth-order valence-electron chi connectivity index (χ4n) is 1.31. The van der Waals surface area contributed by atoms with Gasteiger partial charge >= 0.3 is 6.18 Å². The summed E-state index contributed by atoms with van der Waals surface area (Å²) in [6, 6.07) is 0.505. The lowest BCUT2D eigenvalue weighted by molar-refractivity contribution is -0.190. The van der Waals surface area contributed by atoms with Crippen LogP contribution in [0.4, 0.5) is 13.2 Å². The van der Waals surface area contributed by atoms with E-state index in [9.17, 15) is 13.2 Å². The Morgan fingerprint density at radius 2 is 2.17 bits per heavy atom. The summed E-state index contributed by atoms with van der Waals surface area (Å²) in [5.74, 6) is -0.102. The van der Waals surface area contributed by atoms with E-state index < -0.39 is 12.3 Å². The molecule has 0 amide bonds. The van der Waals surface area contributed by atoms with Gasteiger partial charge in [-0.2, -0.15) is 13.2 Å². The van der Waals surface area contributed by atoms with Gasteiger partial charge in [0.25, 0.3) is 0 Å². The number of hydrogen-bond donors (Lipinski definition) is 1. The molecule has 0 bridgehead atoms. The molecule has 1 aliphatic rings. The lowest BCUT2D eigenvalue weighted by Crippen LogP contribution is -2.31. The number of alkyl halides is 3. The highest BCUT2D eigenvalue weighted by Gasteiger charge is 2.38. The van der Waals surface area contributed by atoms with Gasteiger partial charge in [-0.15, -0.1) is 0 Å². The maximum absolute atomic E-state index is 12.3. The highest BCUT2D eigenvalue weighted by molar-refractivity contribution is 5.09. The maximum Gasteiger partial charge on any atom is 0.425 e. The van der Waals surface area contributed by atoms with E-state index in [1.54, 1.807) is 0 Å². The molecule has 2 rings (SSSR count). The van der Waals surface area contributed by atoms with Gasteiger partial charge in [0, 0.05) is 18.8 Å². The number of nitrogens with zero attached hydrogens (tertiary/aromatic N) is 2. The Hall–Kier alpha value is -1.37. The van der Waals surface area contributed by atoms with Gasteiger partial charge in [0.15, 0.2) is 6.10 Å². The molecule has 7 heteroatoms. The molecular formula is C11H14F3N3O. The van der Waals surface area contributed by atoms with Crippen LogP contribution in [-0.4, -0.2) is 28.3 Å². The van der Waals surface area contributed by atoms with Crippen LogP contribution in [-0.2, 0) is 6.54 Å². The molecule has 0 aromatic carbocycles. The molecule has 1 N–H and O–H groups in total. The van der Waals surface area contributed by atoms with Gasteiger partial charge in [0.05, 0.1) is 11.9 Å². The van der Waals surface area contributed by atoms with Crippen molar-refractivity contribution in [2.75, 3.05) is 0 Å². The van der Waals surface area contributed by atoms with Crippen molar-refractivity contribution in [3.63, 3.8) is 0 Å². The number of hydrogen-bond acceptors (Lipinski definition) is 4. The molecule has 1 aromatic rings. The summed E-state index contributed by atoms with van der Waals surface area (Å²) in [5.41, 5.74) is 0.578. The summed E-state index contributed by atoms with van der Waals surface area (Å²) >= 11 is 0. The van der Waals surface area contributed by atoms with Crippen LogP contribution < -0.4 is 10.1 Å². The second-order valence-corrected chi connectivity index (χ2v) is 4.31. The summed E-state index contributed by atoms with van der Waals surface area (Å²) in [6.07, 6.45) is -1.32. The first-order valence-corrected chi connectivity index (χ1v) is 5.73. The van der Waals surface area contributed by atoms with E-state index in [4.69, 9.17) is 4.74 Å². The second-order valence-electron chi connectivity index (χ2n) is 4.31. The fraction of sp³-hybridized carbons (Fsp3) is 0.636. The van der Waals surface area contributed by atoms with Crippen molar-refractivity contribution in [2.45, 2.75) is 44.6 Å². The smallest absolute Gasteiger partial charge is 0.425 e. The van der Waals surface area contributed by atoms with Crippen molar-refractivity contribution in [1.82, 2.24) is 15.3 Å². The van der Waals surface area contributed by atoms with E-state index in [0.717, 1.165) is 19.8 Å². The molecule has 4 nitrogen and oxygen atoms in total. The summed E-state index contributed by atoms with van der Waals surface area (Å²) in [5, 5.41) is 3.20. The van der Waals surface area contributed by atoms with Gasteiger partial charge in [0.2, 0.25) is 5.88 Å². The minimum absolute atomic E-state index is 0.102. The summed E-state index contributed by atoms with van der Waals surface area (Å²) in [4.78, 5) is 7.80. The number of nitrogens with one attached hydrogen (secondary N) is 1. The Balaban J connectivity index is 1.93. The van der Waals surface area contributed by atoms with Crippen molar-refractivity contribution in [1.29, 1.82) is 0 Å². The third kappa shape index (κ3) is 3.83. The van der Waals surface area contributed by atoms with Crippen molar-refractivity contribution in [2.24, 2.45) is 0 Å². The fourth-order valence-corrected chi connectivity index (χ4v) is 1.31. The van der Waals surface area contributed by atoms with Crippen molar-refractivity contribution in [3.8, 4) is 5.88 Å². The zero-order chi connectivity index (χ0) is 13.2. The predicted molar refractivity (Wildman–Crippen MR) is 58.0 cm³/mol. The highest BCUT2D eigenvalue weighted by atomic mass is 19.4. The first-order chi connectivity index (χ1) is 8.45. The van der Waals surface area contributed by atoms with Gasteiger partial charge < -0.3 is 10.1 Å². The van der Waals surface area contributed by atoms with Crippen LogP contribution in [0.1, 0.15) is 25.5 Å². The summed E-state index contributed by atoms with van der Waals surface area (Å²) < 4.78 is 41.7. The molecule has 0 radical (unpaired) electrons. The van der Waals surface area contributed by atoms with Gasteiger partial charge in [-0.1, -0.05) is 0 Å². The molecule has 1 aliphatic carbocycles. The molecule has 18 heavy (non-hydrogen) atoms. The summed E-state index contributed by atoms with van der Waals surface area (Å²) in [7, 11) is 0. The third-order valence-corrected chi connectivity index (χ3v) is 2.57. The van der Waals surface area contributed by atoms with Crippen LogP contribution in [0.2, 0.25) is 0 Å². The average molecular weight is 261 g/mol. The molecule has 0 aliphatic heterocycles. The standard InChI is InChI=1S/C11H14F3N3O/c1-7(11(12,13)14)18-10-6-15-4-9(17-10)5-16-8-2-3-8/h4,6-8,16H,2-3,5H2,1H3. The van der Waals surface area contributed by atoms with E-state index in [1.807, 2.05) is 0 Å². The van der Waals surface area contributed by atoms with E-state index in [-0.39, 0.29) is 5.88 Å². The monoisotopic (exact) mass is 261 g/mol. The Labute approximate surface area is 103 Å². The summed E-state index contributed by atoms with van der Waals surface area (Å²) in [6.45, 7) is 1.44. The van der Waals surface area contributed by atoms with Crippen LogP contribution in [0, 0.1) is 0 Å². The number of aromatic nitrogens is 2. The minimum atomic E-state index is -4.40. The molecule has 1 aromatic heterocycles. The Morgan fingerprint density at radius 3 is 2.78 bits per heavy atom. The van der Waals surface area contributed by atoms with E-state index in [1.165, 1.54) is 12.4 Å². The Kier molecular flexibility index (Phi) is 3.70.